The van der Waals surface area contributed by atoms with E-state index in [1.807, 2.05) is 18.7 Å². The Morgan fingerprint density at radius 1 is 1.33 bits per heavy atom. The van der Waals surface area contributed by atoms with Crippen LogP contribution in [0, 0.1) is 11.7 Å². The number of rotatable bonds is 7. The fraction of sp³-hybridized carbons (Fsp3) is 0.556. The van der Waals surface area contributed by atoms with Crippen LogP contribution in [-0.4, -0.2) is 40.5 Å². The van der Waals surface area contributed by atoms with E-state index in [0.29, 0.717) is 19.4 Å². The third-order valence-corrected chi connectivity index (χ3v) is 4.29. The summed E-state index contributed by atoms with van der Waals surface area (Å²) in [4.78, 5) is 25.9. The van der Waals surface area contributed by atoms with Gasteiger partial charge in [0.25, 0.3) is 0 Å². The normalized spacial score (nSPS) is 19.4. The maximum atomic E-state index is 13.0. The van der Waals surface area contributed by atoms with E-state index in [0.717, 1.165) is 18.5 Å². The molecule has 1 aromatic carbocycles. The van der Waals surface area contributed by atoms with Crippen molar-refractivity contribution in [3.63, 3.8) is 0 Å². The molecule has 1 aliphatic rings. The van der Waals surface area contributed by atoms with Gasteiger partial charge in [0.15, 0.2) is 0 Å². The number of nitrogens with one attached hydrogen (secondary N) is 1. The number of aliphatic carboxylic acids is 1. The number of carboxylic acids is 1. The molecule has 1 aromatic rings. The molecule has 0 saturated carbocycles. The molecular formula is C18H25FN2O3. The summed E-state index contributed by atoms with van der Waals surface area (Å²) in [5, 5.41) is 12.0. The van der Waals surface area contributed by atoms with Gasteiger partial charge in [0, 0.05) is 6.54 Å². The molecule has 24 heavy (non-hydrogen) atoms. The molecule has 0 radical (unpaired) electrons. The zero-order valence-corrected chi connectivity index (χ0v) is 14.2. The number of hydrogen-bond donors (Lipinski definition) is 2. The van der Waals surface area contributed by atoms with Crippen LogP contribution in [0.4, 0.5) is 4.39 Å². The van der Waals surface area contributed by atoms with Crippen molar-refractivity contribution in [3.05, 3.63) is 35.6 Å². The molecule has 2 N–H and O–H groups in total. The topological polar surface area (TPSA) is 69.6 Å². The van der Waals surface area contributed by atoms with Crippen LogP contribution in [-0.2, 0) is 16.1 Å². The van der Waals surface area contributed by atoms with Gasteiger partial charge in [-0.25, -0.2) is 9.18 Å². The standard InChI is InChI=1S/C18H25FN2O3/c1-12(2)10-15(18(23)24)20-17(22)16-4-3-9-21(16)11-13-5-7-14(19)8-6-13/h5-8,12,15-16H,3-4,9-11H2,1-2H3,(H,20,22)(H,23,24)/t15-,16?/m1/s1. The predicted molar refractivity (Wildman–Crippen MR) is 88.9 cm³/mol. The lowest BCUT2D eigenvalue weighted by atomic mass is 10.0. The Bertz CT molecular complexity index is 574. The molecule has 1 amide bonds. The first kappa shape index (κ1) is 18.4. The Morgan fingerprint density at radius 2 is 2.00 bits per heavy atom. The molecule has 1 unspecified atom stereocenters. The lowest BCUT2D eigenvalue weighted by molar-refractivity contribution is -0.143. The summed E-state index contributed by atoms with van der Waals surface area (Å²) in [6, 6.07) is 5.05. The molecular weight excluding hydrogens is 311 g/mol. The predicted octanol–water partition coefficient (Wildman–Crippen LogP) is 2.41. The Morgan fingerprint density at radius 3 is 2.58 bits per heavy atom. The number of carboxylic acid groups (broad SMARTS) is 1. The number of carbonyl (C=O) groups is 2. The average molecular weight is 336 g/mol. The Kier molecular flexibility index (Phi) is 6.31. The van der Waals surface area contributed by atoms with E-state index in [4.69, 9.17) is 0 Å². The van der Waals surface area contributed by atoms with Crippen molar-refractivity contribution in [2.45, 2.75) is 51.7 Å². The monoisotopic (exact) mass is 336 g/mol. The molecule has 1 aliphatic heterocycles. The van der Waals surface area contributed by atoms with Crippen LogP contribution >= 0.6 is 0 Å². The van der Waals surface area contributed by atoms with Crippen molar-refractivity contribution in [2.75, 3.05) is 6.54 Å². The molecule has 5 nitrogen and oxygen atoms in total. The van der Waals surface area contributed by atoms with Crippen LogP contribution in [0.25, 0.3) is 0 Å². The van der Waals surface area contributed by atoms with E-state index >= 15 is 0 Å². The number of nitrogens with zero attached hydrogens (tertiary/aromatic N) is 1. The zero-order chi connectivity index (χ0) is 17.7. The van der Waals surface area contributed by atoms with Gasteiger partial charge >= 0.3 is 5.97 Å². The fourth-order valence-corrected chi connectivity index (χ4v) is 3.10. The summed E-state index contributed by atoms with van der Waals surface area (Å²) in [6.45, 7) is 5.19. The van der Waals surface area contributed by atoms with Gasteiger partial charge in [-0.3, -0.25) is 9.69 Å². The Labute approximate surface area is 141 Å². The van der Waals surface area contributed by atoms with Crippen molar-refractivity contribution in [2.24, 2.45) is 5.92 Å². The minimum atomic E-state index is -1.000. The van der Waals surface area contributed by atoms with Crippen LogP contribution in [0.1, 0.15) is 38.7 Å². The van der Waals surface area contributed by atoms with Crippen LogP contribution in [0.2, 0.25) is 0 Å². The second-order valence-electron chi connectivity index (χ2n) is 6.78. The number of amides is 1. The van der Waals surface area contributed by atoms with Gasteiger partial charge in [0.1, 0.15) is 11.9 Å². The maximum Gasteiger partial charge on any atom is 0.326 e. The highest BCUT2D eigenvalue weighted by Crippen LogP contribution is 2.21. The zero-order valence-electron chi connectivity index (χ0n) is 14.2. The lowest BCUT2D eigenvalue weighted by Gasteiger charge is -2.25. The molecule has 132 valence electrons. The van der Waals surface area contributed by atoms with E-state index in [9.17, 15) is 19.1 Å². The SMILES string of the molecule is CC(C)C[C@@H](NC(=O)C1CCCN1Cc1ccc(F)cc1)C(=O)O. The average Bonchev–Trinajstić information content (AvgIpc) is 2.96. The number of hydrogen-bond acceptors (Lipinski definition) is 3. The van der Waals surface area contributed by atoms with E-state index in [1.165, 1.54) is 12.1 Å². The molecule has 0 spiro atoms. The minimum absolute atomic E-state index is 0.185. The summed E-state index contributed by atoms with van der Waals surface area (Å²) in [5.41, 5.74) is 0.938. The largest absolute Gasteiger partial charge is 0.480 e. The van der Waals surface area contributed by atoms with E-state index in [1.54, 1.807) is 12.1 Å². The second kappa shape index (κ2) is 8.24. The number of likely N-dealkylation sites (tertiary alicyclic amines) is 1. The van der Waals surface area contributed by atoms with Gasteiger partial charge in [-0.15, -0.1) is 0 Å². The summed E-state index contributed by atoms with van der Waals surface area (Å²) in [5.74, 6) is -1.33. The maximum absolute atomic E-state index is 13.0. The van der Waals surface area contributed by atoms with Crippen LogP contribution in [0.15, 0.2) is 24.3 Å². The van der Waals surface area contributed by atoms with Crippen molar-refractivity contribution < 1.29 is 19.1 Å². The highest BCUT2D eigenvalue weighted by Gasteiger charge is 2.33. The number of benzene rings is 1. The highest BCUT2D eigenvalue weighted by atomic mass is 19.1. The molecule has 6 heteroatoms. The third kappa shape index (κ3) is 5.03. The van der Waals surface area contributed by atoms with E-state index in [-0.39, 0.29) is 23.7 Å². The van der Waals surface area contributed by atoms with Crippen molar-refractivity contribution >= 4 is 11.9 Å². The van der Waals surface area contributed by atoms with Crippen molar-refractivity contribution in [1.29, 1.82) is 0 Å². The van der Waals surface area contributed by atoms with Crippen LogP contribution < -0.4 is 5.32 Å². The molecule has 2 atom stereocenters. The molecule has 0 bridgehead atoms. The molecule has 1 fully saturated rings. The second-order valence-corrected chi connectivity index (χ2v) is 6.78. The Hall–Kier alpha value is -1.95. The van der Waals surface area contributed by atoms with Gasteiger partial charge in [-0.2, -0.15) is 0 Å². The smallest absolute Gasteiger partial charge is 0.326 e. The summed E-state index contributed by atoms with van der Waals surface area (Å²) < 4.78 is 13.0. The van der Waals surface area contributed by atoms with Crippen LogP contribution in [0.5, 0.6) is 0 Å². The van der Waals surface area contributed by atoms with Gasteiger partial charge in [-0.1, -0.05) is 26.0 Å². The van der Waals surface area contributed by atoms with E-state index < -0.39 is 12.0 Å². The van der Waals surface area contributed by atoms with Gasteiger partial charge in [0.05, 0.1) is 6.04 Å². The summed E-state index contributed by atoms with van der Waals surface area (Å²) in [7, 11) is 0. The first-order chi connectivity index (χ1) is 11.4. The number of carbonyl (C=O) groups excluding carboxylic acids is 1. The summed E-state index contributed by atoms with van der Waals surface area (Å²) in [6.07, 6.45) is 2.01. The van der Waals surface area contributed by atoms with Gasteiger partial charge < -0.3 is 10.4 Å². The van der Waals surface area contributed by atoms with E-state index in [2.05, 4.69) is 5.32 Å². The third-order valence-electron chi connectivity index (χ3n) is 4.29. The van der Waals surface area contributed by atoms with Crippen molar-refractivity contribution in [1.82, 2.24) is 10.2 Å². The van der Waals surface area contributed by atoms with Gasteiger partial charge in [0.2, 0.25) is 5.91 Å². The molecule has 0 aliphatic carbocycles. The lowest BCUT2D eigenvalue weighted by Crippen LogP contribution is -2.49. The molecule has 2 rings (SSSR count). The van der Waals surface area contributed by atoms with Gasteiger partial charge in [-0.05, 0) is 49.4 Å². The first-order valence-electron chi connectivity index (χ1n) is 8.38. The Balaban J connectivity index is 1.99. The fourth-order valence-electron chi connectivity index (χ4n) is 3.10. The first-order valence-corrected chi connectivity index (χ1v) is 8.38. The molecule has 1 heterocycles. The molecule has 1 saturated heterocycles. The quantitative estimate of drug-likeness (QED) is 0.802. The van der Waals surface area contributed by atoms with Crippen molar-refractivity contribution in [3.8, 4) is 0 Å². The minimum Gasteiger partial charge on any atom is -0.480 e. The molecule has 0 aromatic heterocycles. The highest BCUT2D eigenvalue weighted by molar-refractivity contribution is 5.87. The van der Waals surface area contributed by atoms with Crippen LogP contribution in [0.3, 0.4) is 0 Å². The number of halogens is 1. The summed E-state index contributed by atoms with van der Waals surface area (Å²) >= 11 is 0.